The number of carboxylic acid groups (broad SMARTS) is 1. The second-order valence-corrected chi connectivity index (χ2v) is 5.16. The quantitative estimate of drug-likeness (QED) is 0.877. The molecule has 0 radical (unpaired) electrons. The van der Waals surface area contributed by atoms with Crippen LogP contribution in [0.1, 0.15) is 26.0 Å². The monoisotopic (exact) mass is 317 g/mol. The van der Waals surface area contributed by atoms with Crippen LogP contribution in [0.2, 0.25) is 0 Å². The average Bonchev–Trinajstić information content (AvgIpc) is 2.84. The summed E-state index contributed by atoms with van der Waals surface area (Å²) >= 11 is 0. The van der Waals surface area contributed by atoms with Crippen molar-refractivity contribution < 1.29 is 23.1 Å². The van der Waals surface area contributed by atoms with Gasteiger partial charge in [0.1, 0.15) is 18.2 Å². The summed E-state index contributed by atoms with van der Waals surface area (Å²) in [6.07, 6.45) is -3.37. The summed E-state index contributed by atoms with van der Waals surface area (Å²) in [6.45, 7) is 3.63. The second kappa shape index (κ2) is 5.78. The molecule has 0 fully saturated rings. The summed E-state index contributed by atoms with van der Waals surface area (Å²) < 4.78 is 39.6. The van der Waals surface area contributed by atoms with Gasteiger partial charge in [0.2, 0.25) is 0 Å². The topological polar surface area (TPSA) is 92.4 Å². The highest BCUT2D eigenvalue weighted by atomic mass is 19.4. The molecule has 0 saturated heterocycles. The van der Waals surface area contributed by atoms with Gasteiger partial charge in [-0.3, -0.25) is 0 Å². The van der Waals surface area contributed by atoms with Gasteiger partial charge < -0.3 is 10.4 Å². The normalized spacial score (nSPS) is 13.5. The molecule has 0 unspecified atom stereocenters. The number of anilines is 1. The van der Waals surface area contributed by atoms with E-state index in [9.17, 15) is 23.1 Å². The Balaban J connectivity index is 2.44. The molecular weight excluding hydrogens is 303 g/mol. The van der Waals surface area contributed by atoms with Gasteiger partial charge in [0, 0.05) is 6.07 Å². The SMILES string of the molecule is CC(C)C[C@@H](Nc1cc(C(F)(F)F)nc2ncnn12)C(=O)O. The van der Waals surface area contributed by atoms with Crippen molar-refractivity contribution in [3.8, 4) is 0 Å². The predicted molar refractivity (Wildman–Crippen MR) is 70.3 cm³/mol. The molecule has 0 spiro atoms. The van der Waals surface area contributed by atoms with Crippen LogP contribution in [0.25, 0.3) is 5.78 Å². The lowest BCUT2D eigenvalue weighted by Gasteiger charge is -2.18. The van der Waals surface area contributed by atoms with Crippen LogP contribution in [-0.2, 0) is 11.0 Å². The second-order valence-electron chi connectivity index (χ2n) is 5.16. The molecule has 2 aromatic rings. The number of hydrogen-bond donors (Lipinski definition) is 2. The number of hydrogen-bond acceptors (Lipinski definition) is 5. The number of nitrogens with one attached hydrogen (secondary N) is 1. The Bertz CT molecular complexity index is 683. The molecule has 2 heterocycles. The van der Waals surface area contributed by atoms with Crippen LogP contribution in [0.5, 0.6) is 0 Å². The fourth-order valence-corrected chi connectivity index (χ4v) is 1.93. The Morgan fingerprint density at radius 2 is 2.14 bits per heavy atom. The van der Waals surface area contributed by atoms with Gasteiger partial charge in [-0.15, -0.1) is 0 Å². The Morgan fingerprint density at radius 3 is 2.68 bits per heavy atom. The van der Waals surface area contributed by atoms with E-state index < -0.39 is 23.9 Å². The smallest absolute Gasteiger partial charge is 0.433 e. The number of carboxylic acids is 1. The zero-order chi connectivity index (χ0) is 16.5. The van der Waals surface area contributed by atoms with E-state index in [1.54, 1.807) is 0 Å². The molecule has 2 aromatic heterocycles. The van der Waals surface area contributed by atoms with Crippen LogP contribution in [0, 0.1) is 5.92 Å². The lowest BCUT2D eigenvalue weighted by molar-refractivity contribution is -0.141. The molecule has 2 rings (SSSR count). The number of carbonyl (C=O) groups is 1. The van der Waals surface area contributed by atoms with Crippen LogP contribution < -0.4 is 5.32 Å². The number of aromatic nitrogens is 4. The molecule has 10 heteroatoms. The maximum atomic E-state index is 12.8. The molecule has 2 N–H and O–H groups in total. The van der Waals surface area contributed by atoms with E-state index in [0.29, 0.717) is 0 Å². The van der Waals surface area contributed by atoms with Gasteiger partial charge in [-0.05, 0) is 12.3 Å². The van der Waals surface area contributed by atoms with Crippen LogP contribution in [0.4, 0.5) is 19.0 Å². The van der Waals surface area contributed by atoms with E-state index in [4.69, 9.17) is 0 Å². The van der Waals surface area contributed by atoms with E-state index in [-0.39, 0.29) is 23.9 Å². The third-order valence-electron chi connectivity index (χ3n) is 2.87. The van der Waals surface area contributed by atoms with E-state index >= 15 is 0 Å². The Morgan fingerprint density at radius 1 is 1.45 bits per heavy atom. The summed E-state index contributed by atoms with van der Waals surface area (Å²) in [5, 5.41) is 15.5. The van der Waals surface area contributed by atoms with E-state index in [2.05, 4.69) is 20.4 Å². The molecule has 0 bridgehead atoms. The highest BCUT2D eigenvalue weighted by Crippen LogP contribution is 2.29. The van der Waals surface area contributed by atoms with Gasteiger partial charge in [-0.2, -0.15) is 27.8 Å². The molecule has 0 aliphatic heterocycles. The van der Waals surface area contributed by atoms with Crippen molar-refractivity contribution in [1.82, 2.24) is 19.6 Å². The Hall–Kier alpha value is -2.39. The van der Waals surface area contributed by atoms with Gasteiger partial charge >= 0.3 is 12.1 Å². The minimum Gasteiger partial charge on any atom is -0.480 e. The molecule has 22 heavy (non-hydrogen) atoms. The summed E-state index contributed by atoms with van der Waals surface area (Å²) in [4.78, 5) is 18.2. The Kier molecular flexibility index (Phi) is 4.20. The summed E-state index contributed by atoms with van der Waals surface area (Å²) in [7, 11) is 0. The van der Waals surface area contributed by atoms with E-state index in [1.165, 1.54) is 0 Å². The average molecular weight is 317 g/mol. The van der Waals surface area contributed by atoms with E-state index in [0.717, 1.165) is 16.9 Å². The molecule has 0 aliphatic rings. The number of aliphatic carboxylic acids is 1. The third-order valence-corrected chi connectivity index (χ3v) is 2.87. The minimum absolute atomic E-state index is 0.0451. The number of rotatable bonds is 5. The largest absolute Gasteiger partial charge is 0.480 e. The number of nitrogens with zero attached hydrogens (tertiary/aromatic N) is 4. The van der Waals surface area contributed by atoms with Crippen molar-refractivity contribution in [1.29, 1.82) is 0 Å². The third kappa shape index (κ3) is 3.43. The van der Waals surface area contributed by atoms with Gasteiger partial charge in [0.25, 0.3) is 5.78 Å². The molecule has 0 amide bonds. The lowest BCUT2D eigenvalue weighted by atomic mass is 10.0. The molecule has 120 valence electrons. The van der Waals surface area contributed by atoms with Gasteiger partial charge in [0.15, 0.2) is 5.69 Å². The molecule has 1 atom stereocenters. The lowest BCUT2D eigenvalue weighted by Crippen LogP contribution is -2.32. The number of alkyl halides is 3. The summed E-state index contributed by atoms with van der Waals surface area (Å²) in [6, 6.07) is -0.325. The van der Waals surface area contributed by atoms with Crippen molar-refractivity contribution in [2.75, 3.05) is 5.32 Å². The number of fused-ring (bicyclic) bond motifs is 1. The van der Waals surface area contributed by atoms with Crippen LogP contribution in [0.3, 0.4) is 0 Å². The summed E-state index contributed by atoms with van der Waals surface area (Å²) in [5.41, 5.74) is -1.16. The van der Waals surface area contributed by atoms with Crippen molar-refractivity contribution >= 4 is 17.6 Å². The fourth-order valence-electron chi connectivity index (χ4n) is 1.93. The fraction of sp³-hybridized carbons (Fsp3) is 0.500. The first kappa shape index (κ1) is 16.0. The first-order valence-electron chi connectivity index (χ1n) is 6.46. The minimum atomic E-state index is -4.67. The van der Waals surface area contributed by atoms with E-state index in [1.807, 2.05) is 13.8 Å². The molecule has 0 aromatic carbocycles. The zero-order valence-corrected chi connectivity index (χ0v) is 11.8. The van der Waals surface area contributed by atoms with Gasteiger partial charge in [-0.25, -0.2) is 9.78 Å². The molecule has 0 saturated carbocycles. The van der Waals surface area contributed by atoms with Gasteiger partial charge in [0.05, 0.1) is 0 Å². The van der Waals surface area contributed by atoms with Crippen LogP contribution in [-0.4, -0.2) is 36.7 Å². The van der Waals surface area contributed by atoms with Crippen molar-refractivity contribution in [3.63, 3.8) is 0 Å². The molecule has 0 aliphatic carbocycles. The summed E-state index contributed by atoms with van der Waals surface area (Å²) in [5.74, 6) is -1.50. The molecule has 7 nitrogen and oxygen atoms in total. The zero-order valence-electron chi connectivity index (χ0n) is 11.8. The molecular formula is C12H14F3N5O2. The predicted octanol–water partition coefficient (Wildman–Crippen LogP) is 2.05. The highest BCUT2D eigenvalue weighted by molar-refractivity contribution is 5.77. The van der Waals surface area contributed by atoms with Gasteiger partial charge in [-0.1, -0.05) is 13.8 Å². The first-order chi connectivity index (χ1) is 10.2. The maximum Gasteiger partial charge on any atom is 0.433 e. The maximum absolute atomic E-state index is 12.8. The van der Waals surface area contributed by atoms with Crippen molar-refractivity contribution in [3.05, 3.63) is 18.1 Å². The highest BCUT2D eigenvalue weighted by Gasteiger charge is 2.34. The first-order valence-corrected chi connectivity index (χ1v) is 6.46. The van der Waals surface area contributed by atoms with Crippen LogP contribution >= 0.6 is 0 Å². The number of halogens is 3. The standard InChI is InChI=1S/C12H14F3N5O2/c1-6(2)3-7(10(21)22)18-9-4-8(12(13,14)15)19-11-16-5-17-20(9)11/h4-7,18H,3H2,1-2H3,(H,21,22)/t7-/m1/s1. The van der Waals surface area contributed by atoms with Crippen molar-refractivity contribution in [2.24, 2.45) is 5.92 Å². The Labute approximate surface area is 123 Å². The van der Waals surface area contributed by atoms with Crippen LogP contribution in [0.15, 0.2) is 12.4 Å². The van der Waals surface area contributed by atoms with Crippen molar-refractivity contribution in [2.45, 2.75) is 32.5 Å².